The molecular formula is C16H19ClN2O2. The fourth-order valence-corrected chi connectivity index (χ4v) is 3.27. The minimum atomic E-state index is -0.572. The van der Waals surface area contributed by atoms with Crippen LogP contribution in [0.25, 0.3) is 11.0 Å². The van der Waals surface area contributed by atoms with Crippen molar-refractivity contribution in [2.75, 3.05) is 6.61 Å². The van der Waals surface area contributed by atoms with Crippen molar-refractivity contribution in [3.05, 3.63) is 29.0 Å². The predicted octanol–water partition coefficient (Wildman–Crippen LogP) is 3.69. The van der Waals surface area contributed by atoms with Crippen molar-refractivity contribution in [3.63, 3.8) is 0 Å². The average molecular weight is 307 g/mol. The number of carbonyl (C=O) groups is 1. The van der Waals surface area contributed by atoms with Crippen LogP contribution in [0.15, 0.2) is 18.2 Å². The fraction of sp³-hybridized carbons (Fsp3) is 0.500. The lowest BCUT2D eigenvalue weighted by molar-refractivity contribution is -0.154. The third-order valence-corrected chi connectivity index (χ3v) is 4.56. The number of esters is 1. The van der Waals surface area contributed by atoms with Crippen molar-refractivity contribution in [2.24, 2.45) is 0 Å². The van der Waals surface area contributed by atoms with Gasteiger partial charge in [-0.05, 0) is 44.9 Å². The summed E-state index contributed by atoms with van der Waals surface area (Å²) in [7, 11) is 0. The van der Waals surface area contributed by atoms with Crippen molar-refractivity contribution in [2.45, 2.75) is 45.1 Å². The summed E-state index contributed by atoms with van der Waals surface area (Å²) in [6.45, 7) is 5.06. The number of aromatic nitrogens is 2. The first kappa shape index (κ1) is 14.4. The van der Waals surface area contributed by atoms with Crippen LogP contribution in [0, 0.1) is 0 Å². The molecule has 112 valence electrons. The van der Waals surface area contributed by atoms with Crippen LogP contribution in [-0.4, -0.2) is 22.1 Å². The van der Waals surface area contributed by atoms with Gasteiger partial charge in [0, 0.05) is 11.6 Å². The molecule has 1 heterocycles. The van der Waals surface area contributed by atoms with E-state index in [9.17, 15) is 4.79 Å². The molecule has 0 spiro atoms. The van der Waals surface area contributed by atoms with Gasteiger partial charge in [0.15, 0.2) is 0 Å². The molecule has 0 saturated heterocycles. The molecular weight excluding hydrogens is 288 g/mol. The molecule has 1 aliphatic rings. The Bertz CT molecular complexity index is 689. The van der Waals surface area contributed by atoms with Crippen LogP contribution in [0.3, 0.4) is 0 Å². The van der Waals surface area contributed by atoms with Crippen molar-refractivity contribution < 1.29 is 9.53 Å². The molecule has 3 rings (SSSR count). The van der Waals surface area contributed by atoms with Crippen LogP contribution < -0.4 is 0 Å². The number of hydrogen-bond donors (Lipinski definition) is 0. The minimum Gasteiger partial charge on any atom is -0.465 e. The smallest absolute Gasteiger partial charge is 0.319 e. The summed E-state index contributed by atoms with van der Waals surface area (Å²) < 4.78 is 7.40. The number of ether oxygens (including phenoxy) is 1. The quantitative estimate of drug-likeness (QED) is 0.809. The van der Waals surface area contributed by atoms with Crippen LogP contribution in [-0.2, 0) is 21.5 Å². The van der Waals surface area contributed by atoms with Gasteiger partial charge in [-0.1, -0.05) is 18.0 Å². The van der Waals surface area contributed by atoms with E-state index in [1.54, 1.807) is 0 Å². The monoisotopic (exact) mass is 306 g/mol. The predicted molar refractivity (Wildman–Crippen MR) is 82.6 cm³/mol. The molecule has 1 fully saturated rings. The molecule has 0 atom stereocenters. The van der Waals surface area contributed by atoms with Crippen LogP contribution in [0.2, 0.25) is 5.02 Å². The lowest BCUT2D eigenvalue weighted by Crippen LogP contribution is -2.45. The van der Waals surface area contributed by atoms with Crippen molar-refractivity contribution in [1.29, 1.82) is 0 Å². The van der Waals surface area contributed by atoms with Crippen molar-refractivity contribution >= 4 is 28.6 Å². The van der Waals surface area contributed by atoms with E-state index < -0.39 is 5.41 Å². The Morgan fingerprint density at radius 3 is 2.76 bits per heavy atom. The highest BCUT2D eigenvalue weighted by Crippen LogP contribution is 2.45. The number of hydrogen-bond acceptors (Lipinski definition) is 3. The van der Waals surface area contributed by atoms with Gasteiger partial charge in [-0.2, -0.15) is 0 Å². The van der Waals surface area contributed by atoms with E-state index in [0.717, 1.165) is 42.7 Å². The zero-order valence-electron chi connectivity index (χ0n) is 12.4. The van der Waals surface area contributed by atoms with Gasteiger partial charge in [0.25, 0.3) is 0 Å². The maximum Gasteiger partial charge on any atom is 0.319 e. The van der Waals surface area contributed by atoms with E-state index in [2.05, 4.69) is 11.5 Å². The Balaban J connectivity index is 2.16. The number of nitrogens with zero attached hydrogens (tertiary/aromatic N) is 2. The average Bonchev–Trinajstić information content (AvgIpc) is 2.75. The standard InChI is InChI=1S/C16H19ClN2O2/c1-3-19-13-10-11(17)6-7-12(13)18-14(19)16(8-5-9-16)15(20)21-4-2/h6-7,10H,3-5,8-9H2,1-2H3. The molecule has 0 bridgehead atoms. The van der Waals surface area contributed by atoms with Gasteiger partial charge in [0.2, 0.25) is 0 Å². The first-order valence-electron chi connectivity index (χ1n) is 7.46. The number of rotatable bonds is 4. The van der Waals surface area contributed by atoms with E-state index in [-0.39, 0.29) is 5.97 Å². The normalized spacial score (nSPS) is 16.7. The minimum absolute atomic E-state index is 0.146. The summed E-state index contributed by atoms with van der Waals surface area (Å²) in [6, 6.07) is 5.65. The summed E-state index contributed by atoms with van der Waals surface area (Å²) in [5.41, 5.74) is 1.29. The first-order valence-corrected chi connectivity index (χ1v) is 7.83. The van der Waals surface area contributed by atoms with Gasteiger partial charge < -0.3 is 9.30 Å². The molecule has 0 amide bonds. The Kier molecular flexibility index (Phi) is 3.66. The Morgan fingerprint density at radius 1 is 1.43 bits per heavy atom. The zero-order valence-corrected chi connectivity index (χ0v) is 13.1. The molecule has 1 aliphatic carbocycles. The fourth-order valence-electron chi connectivity index (χ4n) is 3.10. The zero-order chi connectivity index (χ0) is 15.0. The summed E-state index contributed by atoms with van der Waals surface area (Å²) in [5, 5.41) is 0.683. The lowest BCUT2D eigenvalue weighted by Gasteiger charge is -2.38. The second kappa shape index (κ2) is 5.34. The third-order valence-electron chi connectivity index (χ3n) is 4.33. The Hall–Kier alpha value is -1.55. The second-order valence-corrected chi connectivity index (χ2v) is 5.91. The van der Waals surface area contributed by atoms with Crippen molar-refractivity contribution in [1.82, 2.24) is 9.55 Å². The largest absolute Gasteiger partial charge is 0.465 e. The molecule has 0 radical (unpaired) electrons. The molecule has 1 aromatic heterocycles. The third kappa shape index (κ3) is 2.13. The summed E-state index contributed by atoms with van der Waals surface area (Å²) in [6.07, 6.45) is 2.65. The molecule has 4 nitrogen and oxygen atoms in total. The number of aryl methyl sites for hydroxylation is 1. The van der Waals surface area contributed by atoms with Gasteiger partial charge in [-0.15, -0.1) is 0 Å². The Morgan fingerprint density at radius 2 is 2.19 bits per heavy atom. The van der Waals surface area contributed by atoms with Crippen molar-refractivity contribution in [3.8, 4) is 0 Å². The maximum atomic E-state index is 12.5. The molecule has 0 N–H and O–H groups in total. The van der Waals surface area contributed by atoms with Gasteiger partial charge in [-0.25, -0.2) is 4.98 Å². The number of carbonyl (C=O) groups excluding carboxylic acids is 1. The highest BCUT2D eigenvalue weighted by molar-refractivity contribution is 6.31. The molecule has 0 unspecified atom stereocenters. The molecule has 21 heavy (non-hydrogen) atoms. The Labute approximate surface area is 129 Å². The highest BCUT2D eigenvalue weighted by Gasteiger charge is 2.50. The number of imidazole rings is 1. The molecule has 2 aromatic rings. The topological polar surface area (TPSA) is 44.1 Å². The molecule has 0 aliphatic heterocycles. The lowest BCUT2D eigenvalue weighted by atomic mass is 9.68. The first-order chi connectivity index (χ1) is 10.1. The van der Waals surface area contributed by atoms with E-state index in [0.29, 0.717) is 11.6 Å². The van der Waals surface area contributed by atoms with Gasteiger partial charge in [0.1, 0.15) is 11.2 Å². The van der Waals surface area contributed by atoms with Crippen LogP contribution >= 0.6 is 11.6 Å². The summed E-state index contributed by atoms with van der Waals surface area (Å²) >= 11 is 6.10. The SMILES string of the molecule is CCOC(=O)C1(c2nc3ccc(Cl)cc3n2CC)CCC1. The molecule has 5 heteroatoms. The van der Waals surface area contributed by atoms with E-state index in [1.165, 1.54) is 0 Å². The second-order valence-electron chi connectivity index (χ2n) is 5.47. The number of halogens is 1. The van der Waals surface area contributed by atoms with Crippen LogP contribution in [0.1, 0.15) is 38.9 Å². The van der Waals surface area contributed by atoms with Gasteiger partial charge >= 0.3 is 5.97 Å². The molecule has 1 aromatic carbocycles. The van der Waals surface area contributed by atoms with Crippen LogP contribution in [0.4, 0.5) is 0 Å². The summed E-state index contributed by atoms with van der Waals surface area (Å²) in [4.78, 5) is 17.2. The van der Waals surface area contributed by atoms with E-state index >= 15 is 0 Å². The van der Waals surface area contributed by atoms with Crippen LogP contribution in [0.5, 0.6) is 0 Å². The van der Waals surface area contributed by atoms with E-state index in [4.69, 9.17) is 21.3 Å². The number of benzene rings is 1. The summed E-state index contributed by atoms with van der Waals surface area (Å²) in [5.74, 6) is 0.680. The molecule has 1 saturated carbocycles. The highest BCUT2D eigenvalue weighted by atomic mass is 35.5. The number of fused-ring (bicyclic) bond motifs is 1. The van der Waals surface area contributed by atoms with Gasteiger partial charge in [0.05, 0.1) is 17.6 Å². The van der Waals surface area contributed by atoms with Gasteiger partial charge in [-0.3, -0.25) is 4.79 Å². The van der Waals surface area contributed by atoms with E-state index in [1.807, 2.05) is 25.1 Å². The maximum absolute atomic E-state index is 12.5.